The molecule has 0 heterocycles. The van der Waals surface area contributed by atoms with E-state index in [9.17, 15) is 0 Å². The number of hydrogen-bond donors (Lipinski definition) is 1. The second-order valence-electron chi connectivity index (χ2n) is 5.46. The number of anilines is 2. The van der Waals surface area contributed by atoms with Gasteiger partial charge in [-0.3, -0.25) is 0 Å². The highest BCUT2D eigenvalue weighted by atomic mass is 35.5. The molecule has 0 saturated heterocycles. The molecule has 94 valence electrons. The highest BCUT2D eigenvalue weighted by Gasteiger charge is 2.12. The molecule has 0 radical (unpaired) electrons. The number of rotatable bonds is 2. The van der Waals surface area contributed by atoms with Gasteiger partial charge in [0, 0.05) is 16.4 Å². The lowest BCUT2D eigenvalue weighted by Gasteiger charge is -2.19. The van der Waals surface area contributed by atoms with Gasteiger partial charge in [-0.15, -0.1) is 0 Å². The molecule has 0 atom stereocenters. The van der Waals surface area contributed by atoms with Gasteiger partial charge in [-0.2, -0.15) is 0 Å². The summed E-state index contributed by atoms with van der Waals surface area (Å²) in [5.74, 6) is 0. The van der Waals surface area contributed by atoms with Crippen LogP contribution >= 0.6 is 11.6 Å². The van der Waals surface area contributed by atoms with Crippen LogP contribution in [-0.2, 0) is 5.41 Å². The van der Waals surface area contributed by atoms with Gasteiger partial charge in [-0.1, -0.05) is 50.6 Å². The molecule has 0 aliphatic carbocycles. The Kier molecular flexibility index (Phi) is 3.63. The van der Waals surface area contributed by atoms with Crippen LogP contribution in [0.4, 0.5) is 11.4 Å². The molecule has 0 fully saturated rings. The van der Waals surface area contributed by atoms with Gasteiger partial charge < -0.3 is 5.32 Å². The van der Waals surface area contributed by atoms with Crippen LogP contribution in [0.2, 0.25) is 5.02 Å². The third-order valence-corrected chi connectivity index (χ3v) is 3.10. The molecule has 0 aliphatic rings. The molecule has 2 aromatic carbocycles. The number of benzene rings is 2. The van der Waals surface area contributed by atoms with Gasteiger partial charge in [0.25, 0.3) is 0 Å². The lowest BCUT2D eigenvalue weighted by atomic mass is 9.87. The van der Waals surface area contributed by atoms with Crippen LogP contribution < -0.4 is 5.32 Å². The molecule has 2 aromatic rings. The Labute approximate surface area is 114 Å². The standard InChI is InChI=1S/C16H18ClN/c1-16(2,3)12-7-9-14(10-8-12)18-15-6-4-5-13(17)11-15/h4-11,18H,1-3H3. The van der Waals surface area contributed by atoms with Crippen molar-refractivity contribution in [3.63, 3.8) is 0 Å². The molecular weight excluding hydrogens is 242 g/mol. The maximum Gasteiger partial charge on any atom is 0.0426 e. The summed E-state index contributed by atoms with van der Waals surface area (Å²) in [6.07, 6.45) is 0. The fourth-order valence-electron chi connectivity index (χ4n) is 1.79. The van der Waals surface area contributed by atoms with Crippen LogP contribution in [-0.4, -0.2) is 0 Å². The van der Waals surface area contributed by atoms with E-state index in [1.807, 2.05) is 24.3 Å². The summed E-state index contributed by atoms with van der Waals surface area (Å²) in [5.41, 5.74) is 3.60. The van der Waals surface area contributed by atoms with Gasteiger partial charge in [0.15, 0.2) is 0 Å². The fourth-order valence-corrected chi connectivity index (χ4v) is 1.98. The second kappa shape index (κ2) is 5.03. The Hall–Kier alpha value is -1.47. The molecule has 2 heteroatoms. The van der Waals surface area contributed by atoms with E-state index in [0.29, 0.717) is 0 Å². The van der Waals surface area contributed by atoms with Crippen molar-refractivity contribution in [3.05, 3.63) is 59.1 Å². The Morgan fingerprint density at radius 3 is 2.11 bits per heavy atom. The SMILES string of the molecule is CC(C)(C)c1ccc(Nc2cccc(Cl)c2)cc1. The summed E-state index contributed by atoms with van der Waals surface area (Å²) >= 11 is 5.96. The summed E-state index contributed by atoms with van der Waals surface area (Å²) < 4.78 is 0. The smallest absolute Gasteiger partial charge is 0.0426 e. The van der Waals surface area contributed by atoms with E-state index in [1.165, 1.54) is 5.56 Å². The van der Waals surface area contributed by atoms with E-state index in [0.717, 1.165) is 16.4 Å². The van der Waals surface area contributed by atoms with Gasteiger partial charge in [0.05, 0.1) is 0 Å². The van der Waals surface area contributed by atoms with Crippen LogP contribution in [0.25, 0.3) is 0 Å². The monoisotopic (exact) mass is 259 g/mol. The topological polar surface area (TPSA) is 12.0 Å². The van der Waals surface area contributed by atoms with Crippen LogP contribution in [0.15, 0.2) is 48.5 Å². The number of halogens is 1. The van der Waals surface area contributed by atoms with Crippen molar-refractivity contribution in [2.45, 2.75) is 26.2 Å². The summed E-state index contributed by atoms with van der Waals surface area (Å²) in [4.78, 5) is 0. The summed E-state index contributed by atoms with van der Waals surface area (Å²) in [6.45, 7) is 6.64. The van der Waals surface area contributed by atoms with Crippen molar-refractivity contribution in [2.75, 3.05) is 5.32 Å². The van der Waals surface area contributed by atoms with Gasteiger partial charge >= 0.3 is 0 Å². The van der Waals surface area contributed by atoms with E-state index in [-0.39, 0.29) is 5.41 Å². The molecule has 18 heavy (non-hydrogen) atoms. The van der Waals surface area contributed by atoms with Crippen molar-refractivity contribution in [1.29, 1.82) is 0 Å². The van der Waals surface area contributed by atoms with E-state index in [4.69, 9.17) is 11.6 Å². The summed E-state index contributed by atoms with van der Waals surface area (Å²) in [5, 5.41) is 4.08. The fraction of sp³-hybridized carbons (Fsp3) is 0.250. The highest BCUT2D eigenvalue weighted by Crippen LogP contribution is 2.25. The molecule has 0 unspecified atom stereocenters. The minimum atomic E-state index is 0.189. The first-order valence-corrected chi connectivity index (χ1v) is 6.46. The first-order chi connectivity index (χ1) is 8.45. The van der Waals surface area contributed by atoms with Gasteiger partial charge in [-0.25, -0.2) is 0 Å². The van der Waals surface area contributed by atoms with Crippen molar-refractivity contribution in [1.82, 2.24) is 0 Å². The second-order valence-corrected chi connectivity index (χ2v) is 5.90. The van der Waals surface area contributed by atoms with Crippen LogP contribution in [0.1, 0.15) is 26.3 Å². The lowest BCUT2D eigenvalue weighted by molar-refractivity contribution is 0.590. The van der Waals surface area contributed by atoms with Gasteiger partial charge in [0.2, 0.25) is 0 Å². The zero-order valence-electron chi connectivity index (χ0n) is 11.0. The largest absolute Gasteiger partial charge is 0.355 e. The van der Waals surface area contributed by atoms with Crippen LogP contribution in [0, 0.1) is 0 Å². The van der Waals surface area contributed by atoms with Gasteiger partial charge in [0.1, 0.15) is 0 Å². The van der Waals surface area contributed by atoms with Crippen molar-refractivity contribution >= 4 is 23.0 Å². The zero-order valence-corrected chi connectivity index (χ0v) is 11.8. The average Bonchev–Trinajstić information content (AvgIpc) is 2.28. The number of hydrogen-bond acceptors (Lipinski definition) is 1. The zero-order chi connectivity index (χ0) is 13.2. The van der Waals surface area contributed by atoms with E-state index in [2.05, 4.69) is 50.4 Å². The average molecular weight is 260 g/mol. The van der Waals surface area contributed by atoms with Crippen molar-refractivity contribution in [3.8, 4) is 0 Å². The molecule has 0 bridgehead atoms. The predicted octanol–water partition coefficient (Wildman–Crippen LogP) is 5.38. The molecule has 0 spiro atoms. The Morgan fingerprint density at radius 1 is 0.889 bits per heavy atom. The van der Waals surface area contributed by atoms with E-state index >= 15 is 0 Å². The first-order valence-electron chi connectivity index (χ1n) is 6.08. The lowest BCUT2D eigenvalue weighted by Crippen LogP contribution is -2.10. The predicted molar refractivity (Wildman–Crippen MR) is 79.9 cm³/mol. The molecule has 0 aliphatic heterocycles. The van der Waals surface area contributed by atoms with Crippen LogP contribution in [0.3, 0.4) is 0 Å². The first kappa shape index (κ1) is 13.0. The Balaban J connectivity index is 2.16. The molecular formula is C16H18ClN. The number of nitrogens with one attached hydrogen (secondary N) is 1. The molecule has 1 nitrogen and oxygen atoms in total. The quantitative estimate of drug-likeness (QED) is 0.763. The maximum atomic E-state index is 5.96. The maximum absolute atomic E-state index is 5.96. The summed E-state index contributed by atoms with van der Waals surface area (Å²) in [6, 6.07) is 16.2. The Morgan fingerprint density at radius 2 is 1.56 bits per heavy atom. The highest BCUT2D eigenvalue weighted by molar-refractivity contribution is 6.30. The minimum Gasteiger partial charge on any atom is -0.355 e. The third kappa shape index (κ3) is 3.27. The molecule has 2 rings (SSSR count). The molecule has 1 N–H and O–H groups in total. The molecule has 0 aromatic heterocycles. The van der Waals surface area contributed by atoms with E-state index < -0.39 is 0 Å². The Bertz CT molecular complexity index is 524. The normalized spacial score (nSPS) is 11.3. The molecule has 0 amide bonds. The van der Waals surface area contributed by atoms with Crippen molar-refractivity contribution in [2.24, 2.45) is 0 Å². The molecule has 0 saturated carbocycles. The third-order valence-electron chi connectivity index (χ3n) is 2.86. The van der Waals surface area contributed by atoms with Gasteiger partial charge in [-0.05, 0) is 41.3 Å². The van der Waals surface area contributed by atoms with Crippen LogP contribution in [0.5, 0.6) is 0 Å². The van der Waals surface area contributed by atoms with Crippen molar-refractivity contribution < 1.29 is 0 Å². The summed E-state index contributed by atoms with van der Waals surface area (Å²) in [7, 11) is 0. The minimum absolute atomic E-state index is 0.189. The van der Waals surface area contributed by atoms with E-state index in [1.54, 1.807) is 0 Å².